The topological polar surface area (TPSA) is 94.0 Å². The third kappa shape index (κ3) is 3.45. The Bertz CT molecular complexity index is 569. The van der Waals surface area contributed by atoms with Crippen molar-refractivity contribution in [2.75, 3.05) is 18.0 Å². The first kappa shape index (κ1) is 12.9. The highest BCUT2D eigenvalue weighted by molar-refractivity contribution is 5.99. The highest BCUT2D eigenvalue weighted by atomic mass is 16.1. The molecule has 0 atom stereocenters. The Morgan fingerprint density at radius 1 is 1.21 bits per heavy atom. The Labute approximate surface area is 111 Å². The summed E-state index contributed by atoms with van der Waals surface area (Å²) in [6, 6.07) is 10.6. The molecule has 0 spiro atoms. The minimum Gasteiger partial charge on any atom is -0.399 e. The number of benzene rings is 1. The summed E-state index contributed by atoms with van der Waals surface area (Å²) in [6.07, 6.45) is 2.41. The number of amides is 1. The number of carbonyl (C=O) groups is 1. The van der Waals surface area contributed by atoms with Crippen LogP contribution in [0.5, 0.6) is 0 Å². The molecule has 98 valence electrons. The van der Waals surface area contributed by atoms with E-state index in [0.29, 0.717) is 29.9 Å². The van der Waals surface area contributed by atoms with Crippen LogP contribution in [0.3, 0.4) is 0 Å². The molecule has 2 aromatic rings. The maximum atomic E-state index is 11.9. The molecule has 5 nitrogen and oxygen atoms in total. The smallest absolute Gasteiger partial charge is 0.253 e. The quantitative estimate of drug-likeness (QED) is 0.717. The molecule has 0 radical (unpaired) electrons. The van der Waals surface area contributed by atoms with Gasteiger partial charge in [0.05, 0.1) is 5.56 Å². The van der Waals surface area contributed by atoms with E-state index in [2.05, 4.69) is 10.3 Å². The molecule has 0 saturated heterocycles. The number of anilines is 2. The largest absolute Gasteiger partial charge is 0.399 e. The number of carbonyl (C=O) groups excluding carboxylic acids is 1. The summed E-state index contributed by atoms with van der Waals surface area (Å²) in [5.74, 6) is -0.201. The molecule has 2 rings (SSSR count). The van der Waals surface area contributed by atoms with Crippen LogP contribution in [0.4, 0.5) is 11.4 Å². The first-order valence-electron chi connectivity index (χ1n) is 6.00. The van der Waals surface area contributed by atoms with Gasteiger partial charge in [-0.1, -0.05) is 6.07 Å². The van der Waals surface area contributed by atoms with Gasteiger partial charge in [-0.15, -0.1) is 0 Å². The summed E-state index contributed by atoms with van der Waals surface area (Å²) >= 11 is 0. The van der Waals surface area contributed by atoms with E-state index < -0.39 is 0 Å². The Kier molecular flexibility index (Phi) is 3.97. The van der Waals surface area contributed by atoms with Crippen molar-refractivity contribution >= 4 is 17.3 Å². The van der Waals surface area contributed by atoms with Crippen LogP contribution < -0.4 is 16.8 Å². The fourth-order valence-corrected chi connectivity index (χ4v) is 1.73. The van der Waals surface area contributed by atoms with Gasteiger partial charge in [-0.05, 0) is 30.3 Å². The van der Waals surface area contributed by atoms with Gasteiger partial charge in [0.25, 0.3) is 5.91 Å². The monoisotopic (exact) mass is 256 g/mol. The van der Waals surface area contributed by atoms with Crippen molar-refractivity contribution < 1.29 is 4.79 Å². The average molecular weight is 256 g/mol. The highest BCUT2D eigenvalue weighted by Crippen LogP contribution is 2.15. The zero-order valence-corrected chi connectivity index (χ0v) is 10.5. The molecule has 0 unspecified atom stereocenters. The van der Waals surface area contributed by atoms with Gasteiger partial charge in [0.2, 0.25) is 0 Å². The third-order valence-corrected chi connectivity index (χ3v) is 2.71. The average Bonchev–Trinajstić information content (AvgIpc) is 2.39. The lowest BCUT2D eigenvalue weighted by atomic mass is 10.1. The first-order chi connectivity index (χ1) is 9.16. The molecule has 5 N–H and O–H groups in total. The second-order valence-electron chi connectivity index (χ2n) is 4.17. The molecule has 0 aliphatic carbocycles. The molecule has 1 amide bonds. The van der Waals surface area contributed by atoms with E-state index in [4.69, 9.17) is 11.5 Å². The lowest BCUT2D eigenvalue weighted by Crippen LogP contribution is -2.26. The lowest BCUT2D eigenvalue weighted by Gasteiger charge is -2.08. The molecule has 5 heteroatoms. The number of rotatable bonds is 4. The molecule has 0 fully saturated rings. The molecule has 0 saturated carbocycles. The summed E-state index contributed by atoms with van der Waals surface area (Å²) in [6.45, 7) is 0.514. The van der Waals surface area contributed by atoms with Gasteiger partial charge in [0, 0.05) is 36.2 Å². The van der Waals surface area contributed by atoms with Crippen LogP contribution in [0.1, 0.15) is 16.1 Å². The highest BCUT2D eigenvalue weighted by Gasteiger charge is 2.09. The van der Waals surface area contributed by atoms with Crippen molar-refractivity contribution in [1.29, 1.82) is 0 Å². The number of pyridine rings is 1. The van der Waals surface area contributed by atoms with Crippen LogP contribution in [0.25, 0.3) is 0 Å². The number of hydrogen-bond donors (Lipinski definition) is 3. The number of aromatic nitrogens is 1. The van der Waals surface area contributed by atoms with E-state index in [1.54, 1.807) is 24.4 Å². The maximum absolute atomic E-state index is 11.9. The summed E-state index contributed by atoms with van der Waals surface area (Å²) in [5, 5.41) is 2.81. The Morgan fingerprint density at radius 2 is 2.05 bits per heavy atom. The molecule has 1 aromatic heterocycles. The second-order valence-corrected chi connectivity index (χ2v) is 4.17. The molecule has 0 bridgehead atoms. The number of nitrogen functional groups attached to an aromatic ring is 2. The van der Waals surface area contributed by atoms with Crippen LogP contribution >= 0.6 is 0 Å². The van der Waals surface area contributed by atoms with Crippen LogP contribution in [0.2, 0.25) is 0 Å². The first-order valence-corrected chi connectivity index (χ1v) is 6.00. The number of hydrogen-bond acceptors (Lipinski definition) is 4. The predicted molar refractivity (Wildman–Crippen MR) is 75.5 cm³/mol. The summed E-state index contributed by atoms with van der Waals surface area (Å²) in [7, 11) is 0. The van der Waals surface area contributed by atoms with Gasteiger partial charge < -0.3 is 16.8 Å². The Hall–Kier alpha value is -2.56. The van der Waals surface area contributed by atoms with Crippen molar-refractivity contribution in [3.05, 3.63) is 53.9 Å². The van der Waals surface area contributed by atoms with Crippen molar-refractivity contribution in [3.8, 4) is 0 Å². The third-order valence-electron chi connectivity index (χ3n) is 2.71. The van der Waals surface area contributed by atoms with Gasteiger partial charge in [0.1, 0.15) is 0 Å². The van der Waals surface area contributed by atoms with Gasteiger partial charge in [-0.3, -0.25) is 9.78 Å². The zero-order chi connectivity index (χ0) is 13.7. The van der Waals surface area contributed by atoms with Crippen LogP contribution in [-0.4, -0.2) is 17.4 Å². The fraction of sp³-hybridized carbons (Fsp3) is 0.143. The maximum Gasteiger partial charge on any atom is 0.253 e. The second kappa shape index (κ2) is 5.86. The van der Waals surface area contributed by atoms with Gasteiger partial charge >= 0.3 is 0 Å². The molecular formula is C14H16N4O. The number of nitrogens with one attached hydrogen (secondary N) is 1. The van der Waals surface area contributed by atoms with E-state index in [9.17, 15) is 4.79 Å². The number of nitrogens with zero attached hydrogens (tertiary/aromatic N) is 1. The Balaban J connectivity index is 1.91. The van der Waals surface area contributed by atoms with Crippen LogP contribution in [0.15, 0.2) is 42.6 Å². The van der Waals surface area contributed by atoms with E-state index in [1.165, 1.54) is 0 Å². The molecule has 19 heavy (non-hydrogen) atoms. The molecule has 1 aromatic carbocycles. The summed E-state index contributed by atoms with van der Waals surface area (Å²) in [4.78, 5) is 16.1. The Morgan fingerprint density at radius 3 is 2.74 bits per heavy atom. The van der Waals surface area contributed by atoms with Gasteiger partial charge in [0.15, 0.2) is 0 Å². The normalized spacial score (nSPS) is 10.1. The molecule has 1 heterocycles. The standard InChI is InChI=1S/C14H16N4O/c15-10-4-5-12(13(16)9-10)14(19)18-8-6-11-3-1-2-7-17-11/h1-5,7,9H,6,8,15-16H2,(H,18,19). The zero-order valence-electron chi connectivity index (χ0n) is 10.5. The molecule has 0 aliphatic rings. The molecular weight excluding hydrogens is 240 g/mol. The predicted octanol–water partition coefficient (Wildman–Crippen LogP) is 1.22. The van der Waals surface area contributed by atoms with Gasteiger partial charge in [-0.2, -0.15) is 0 Å². The number of nitrogens with two attached hydrogens (primary N) is 2. The fourth-order valence-electron chi connectivity index (χ4n) is 1.73. The van der Waals surface area contributed by atoms with E-state index >= 15 is 0 Å². The van der Waals surface area contributed by atoms with Crippen molar-refractivity contribution in [2.45, 2.75) is 6.42 Å². The SMILES string of the molecule is Nc1ccc(C(=O)NCCc2ccccn2)c(N)c1. The van der Waals surface area contributed by atoms with E-state index in [1.807, 2.05) is 18.2 Å². The van der Waals surface area contributed by atoms with Crippen LogP contribution in [0, 0.1) is 0 Å². The van der Waals surface area contributed by atoms with Crippen molar-refractivity contribution in [2.24, 2.45) is 0 Å². The lowest BCUT2D eigenvalue weighted by molar-refractivity contribution is 0.0955. The minimum absolute atomic E-state index is 0.201. The molecule has 0 aliphatic heterocycles. The van der Waals surface area contributed by atoms with Crippen molar-refractivity contribution in [3.63, 3.8) is 0 Å². The van der Waals surface area contributed by atoms with Gasteiger partial charge in [-0.25, -0.2) is 0 Å². The van der Waals surface area contributed by atoms with E-state index in [-0.39, 0.29) is 5.91 Å². The van der Waals surface area contributed by atoms with Crippen molar-refractivity contribution in [1.82, 2.24) is 10.3 Å². The van der Waals surface area contributed by atoms with Crippen LogP contribution in [-0.2, 0) is 6.42 Å². The summed E-state index contributed by atoms with van der Waals surface area (Å²) in [5.41, 5.74) is 13.6. The minimum atomic E-state index is -0.201. The van der Waals surface area contributed by atoms with E-state index in [0.717, 1.165) is 5.69 Å². The summed E-state index contributed by atoms with van der Waals surface area (Å²) < 4.78 is 0.